The normalized spacial score (nSPS) is 13.2. The quantitative estimate of drug-likeness (QED) is 0.741. The first kappa shape index (κ1) is 13.3. The van der Waals surface area contributed by atoms with Gasteiger partial charge in [0.25, 0.3) is 0 Å². The van der Waals surface area contributed by atoms with E-state index < -0.39 is 0 Å². The minimum absolute atomic E-state index is 0.0664. The van der Waals surface area contributed by atoms with Crippen LogP contribution in [0.15, 0.2) is 0 Å². The van der Waals surface area contributed by atoms with E-state index in [-0.39, 0.29) is 11.0 Å². The van der Waals surface area contributed by atoms with Crippen molar-refractivity contribution in [1.29, 1.82) is 0 Å². The highest BCUT2D eigenvalue weighted by molar-refractivity contribution is 5.32. The van der Waals surface area contributed by atoms with Gasteiger partial charge in [-0.3, -0.25) is 4.68 Å². The molecule has 0 spiro atoms. The molecule has 0 unspecified atom stereocenters. The van der Waals surface area contributed by atoms with Crippen LogP contribution in [0.5, 0.6) is 0 Å². The highest BCUT2D eigenvalue weighted by atomic mass is 15.3. The second kappa shape index (κ2) is 3.90. The third-order valence-corrected chi connectivity index (χ3v) is 3.49. The molecule has 2 nitrogen and oxygen atoms in total. The smallest absolute Gasteiger partial charge is 0.0634 e. The molecule has 0 aromatic carbocycles. The standard InChI is InChI=1S/C14H26N2/c1-9-14(7,8)12-10(2)15-16(11(12)3)13(4,5)6/h9H2,1-8H3. The molecule has 0 aliphatic carbocycles. The molecular weight excluding hydrogens is 196 g/mol. The van der Waals surface area contributed by atoms with E-state index in [9.17, 15) is 0 Å². The summed E-state index contributed by atoms with van der Waals surface area (Å²) in [7, 11) is 0. The van der Waals surface area contributed by atoms with Gasteiger partial charge in [-0.05, 0) is 46.5 Å². The number of aryl methyl sites for hydroxylation is 1. The van der Waals surface area contributed by atoms with Crippen LogP contribution in [-0.4, -0.2) is 9.78 Å². The van der Waals surface area contributed by atoms with Gasteiger partial charge in [-0.2, -0.15) is 5.10 Å². The van der Waals surface area contributed by atoms with Crippen molar-refractivity contribution in [3.05, 3.63) is 17.0 Å². The fourth-order valence-electron chi connectivity index (χ4n) is 2.45. The number of rotatable bonds is 2. The lowest BCUT2D eigenvalue weighted by molar-refractivity contribution is 0.345. The summed E-state index contributed by atoms with van der Waals surface area (Å²) in [4.78, 5) is 0. The predicted molar refractivity (Wildman–Crippen MR) is 70.0 cm³/mol. The molecule has 0 radical (unpaired) electrons. The van der Waals surface area contributed by atoms with Crippen LogP contribution in [0.3, 0.4) is 0 Å². The maximum Gasteiger partial charge on any atom is 0.0634 e. The molecule has 1 aromatic rings. The fraction of sp³-hybridized carbons (Fsp3) is 0.786. The summed E-state index contributed by atoms with van der Waals surface area (Å²) >= 11 is 0. The maximum absolute atomic E-state index is 4.71. The molecule has 0 aliphatic rings. The van der Waals surface area contributed by atoms with E-state index in [2.05, 4.69) is 60.1 Å². The van der Waals surface area contributed by atoms with E-state index in [4.69, 9.17) is 5.10 Å². The van der Waals surface area contributed by atoms with E-state index in [1.165, 1.54) is 17.0 Å². The van der Waals surface area contributed by atoms with Gasteiger partial charge in [0.2, 0.25) is 0 Å². The molecule has 0 bridgehead atoms. The van der Waals surface area contributed by atoms with E-state index >= 15 is 0 Å². The van der Waals surface area contributed by atoms with E-state index in [0.29, 0.717) is 0 Å². The molecular formula is C14H26N2. The first-order valence-corrected chi connectivity index (χ1v) is 6.18. The average Bonchev–Trinajstić information content (AvgIpc) is 2.41. The van der Waals surface area contributed by atoms with Crippen LogP contribution in [0.1, 0.15) is 64.9 Å². The van der Waals surface area contributed by atoms with Crippen LogP contribution in [0.4, 0.5) is 0 Å². The Balaban J connectivity index is 3.40. The van der Waals surface area contributed by atoms with Crippen molar-refractivity contribution in [2.24, 2.45) is 0 Å². The lowest BCUT2D eigenvalue weighted by Gasteiger charge is -2.26. The molecule has 0 saturated heterocycles. The van der Waals surface area contributed by atoms with Gasteiger partial charge >= 0.3 is 0 Å². The number of hydrogen-bond donors (Lipinski definition) is 0. The summed E-state index contributed by atoms with van der Waals surface area (Å²) in [6.07, 6.45) is 1.14. The molecule has 1 aromatic heterocycles. The molecule has 0 saturated carbocycles. The van der Waals surface area contributed by atoms with Crippen molar-refractivity contribution >= 4 is 0 Å². The largest absolute Gasteiger partial charge is 0.264 e. The number of nitrogens with zero attached hydrogens (tertiary/aromatic N) is 2. The average molecular weight is 222 g/mol. The molecule has 2 heteroatoms. The predicted octanol–water partition coefficient (Wildman–Crippen LogP) is 3.94. The zero-order valence-corrected chi connectivity index (χ0v) is 12.1. The molecule has 0 atom stereocenters. The highest BCUT2D eigenvalue weighted by Gasteiger charge is 2.29. The molecule has 0 fully saturated rings. The third-order valence-electron chi connectivity index (χ3n) is 3.49. The van der Waals surface area contributed by atoms with Crippen molar-refractivity contribution in [3.63, 3.8) is 0 Å². The van der Waals surface area contributed by atoms with Gasteiger partial charge in [-0.25, -0.2) is 0 Å². The van der Waals surface area contributed by atoms with Gasteiger partial charge < -0.3 is 0 Å². The summed E-state index contributed by atoms with van der Waals surface area (Å²) in [5.74, 6) is 0. The summed E-state index contributed by atoms with van der Waals surface area (Å²) in [5.41, 5.74) is 4.20. The summed E-state index contributed by atoms with van der Waals surface area (Å²) in [6.45, 7) is 17.8. The van der Waals surface area contributed by atoms with Crippen molar-refractivity contribution in [2.75, 3.05) is 0 Å². The highest BCUT2D eigenvalue weighted by Crippen LogP contribution is 2.33. The van der Waals surface area contributed by atoms with Crippen LogP contribution in [0, 0.1) is 13.8 Å². The first-order valence-electron chi connectivity index (χ1n) is 6.18. The minimum Gasteiger partial charge on any atom is -0.264 e. The Hall–Kier alpha value is -0.790. The molecule has 0 aliphatic heterocycles. The van der Waals surface area contributed by atoms with Gasteiger partial charge in [0, 0.05) is 11.3 Å². The van der Waals surface area contributed by atoms with Crippen LogP contribution in [-0.2, 0) is 11.0 Å². The molecule has 1 heterocycles. The maximum atomic E-state index is 4.71. The van der Waals surface area contributed by atoms with Gasteiger partial charge in [-0.15, -0.1) is 0 Å². The van der Waals surface area contributed by atoms with Crippen molar-refractivity contribution < 1.29 is 0 Å². The van der Waals surface area contributed by atoms with E-state index in [1.54, 1.807) is 0 Å². The van der Waals surface area contributed by atoms with Gasteiger partial charge in [0.05, 0.1) is 11.2 Å². The second-order valence-electron chi connectivity index (χ2n) is 6.37. The SMILES string of the molecule is CCC(C)(C)c1c(C)nn(C(C)(C)C)c1C. The topological polar surface area (TPSA) is 17.8 Å². The number of hydrogen-bond acceptors (Lipinski definition) is 1. The Kier molecular flexibility index (Phi) is 3.24. The van der Waals surface area contributed by atoms with Crippen LogP contribution < -0.4 is 0 Å². The Bertz CT molecular complexity index is 378. The van der Waals surface area contributed by atoms with Gasteiger partial charge in [0.1, 0.15) is 0 Å². The summed E-state index contributed by atoms with van der Waals surface area (Å²) in [5, 5.41) is 4.71. The lowest BCUT2D eigenvalue weighted by Crippen LogP contribution is -2.25. The zero-order chi connectivity index (χ0) is 12.7. The fourth-order valence-corrected chi connectivity index (χ4v) is 2.45. The summed E-state index contributed by atoms with van der Waals surface area (Å²) < 4.78 is 2.16. The third kappa shape index (κ3) is 2.16. The monoisotopic (exact) mass is 222 g/mol. The molecule has 0 amide bonds. The van der Waals surface area contributed by atoms with Crippen molar-refractivity contribution in [3.8, 4) is 0 Å². The molecule has 16 heavy (non-hydrogen) atoms. The Morgan fingerprint density at radius 1 is 1.06 bits per heavy atom. The van der Waals surface area contributed by atoms with Crippen LogP contribution in [0.25, 0.3) is 0 Å². The van der Waals surface area contributed by atoms with Gasteiger partial charge in [0.15, 0.2) is 0 Å². The minimum atomic E-state index is 0.0664. The molecule has 92 valence electrons. The van der Waals surface area contributed by atoms with Crippen LogP contribution in [0.2, 0.25) is 0 Å². The van der Waals surface area contributed by atoms with Crippen LogP contribution >= 0.6 is 0 Å². The molecule has 0 N–H and O–H groups in total. The second-order valence-corrected chi connectivity index (χ2v) is 6.37. The summed E-state index contributed by atoms with van der Waals surface area (Å²) in [6, 6.07) is 0. The molecule has 1 rings (SSSR count). The van der Waals surface area contributed by atoms with E-state index in [1.807, 2.05) is 0 Å². The Labute approximate surface area is 100 Å². The Morgan fingerprint density at radius 2 is 1.56 bits per heavy atom. The van der Waals surface area contributed by atoms with Crippen molar-refractivity contribution in [1.82, 2.24) is 9.78 Å². The zero-order valence-electron chi connectivity index (χ0n) is 12.1. The van der Waals surface area contributed by atoms with Gasteiger partial charge in [-0.1, -0.05) is 20.8 Å². The first-order chi connectivity index (χ1) is 7.11. The Morgan fingerprint density at radius 3 is 1.88 bits per heavy atom. The van der Waals surface area contributed by atoms with Crippen molar-refractivity contribution in [2.45, 2.75) is 72.8 Å². The number of aromatic nitrogens is 2. The van der Waals surface area contributed by atoms with E-state index in [0.717, 1.165) is 6.42 Å². The lowest BCUT2D eigenvalue weighted by atomic mass is 9.81.